The van der Waals surface area contributed by atoms with Gasteiger partial charge in [-0.05, 0) is 27.1 Å². The SMILES string of the molecule is CCCCCCCCCCCCCCCCCCCN(C)C.O. The van der Waals surface area contributed by atoms with Gasteiger partial charge in [0.1, 0.15) is 0 Å². The number of rotatable bonds is 18. The van der Waals surface area contributed by atoms with Crippen LogP contribution >= 0.6 is 0 Å². The Morgan fingerprint density at radius 2 is 0.696 bits per heavy atom. The fourth-order valence-electron chi connectivity index (χ4n) is 3.15. The van der Waals surface area contributed by atoms with Crippen molar-refractivity contribution in [2.24, 2.45) is 0 Å². The van der Waals surface area contributed by atoms with E-state index in [9.17, 15) is 0 Å². The van der Waals surface area contributed by atoms with Gasteiger partial charge in [-0.1, -0.05) is 110 Å². The summed E-state index contributed by atoms with van der Waals surface area (Å²) in [5.41, 5.74) is 0. The van der Waals surface area contributed by atoms with Gasteiger partial charge in [0.15, 0.2) is 0 Å². The van der Waals surface area contributed by atoms with Gasteiger partial charge in [0.2, 0.25) is 0 Å². The predicted molar refractivity (Wildman–Crippen MR) is 106 cm³/mol. The van der Waals surface area contributed by atoms with Crippen molar-refractivity contribution < 1.29 is 5.48 Å². The van der Waals surface area contributed by atoms with Crippen molar-refractivity contribution in [1.29, 1.82) is 0 Å². The lowest BCUT2D eigenvalue weighted by Gasteiger charge is -2.08. The third-order valence-corrected chi connectivity index (χ3v) is 4.71. The fraction of sp³-hybridized carbons (Fsp3) is 1.00. The van der Waals surface area contributed by atoms with Crippen LogP contribution < -0.4 is 0 Å². The van der Waals surface area contributed by atoms with Gasteiger partial charge in [0.05, 0.1) is 0 Å². The minimum atomic E-state index is 0. The molecule has 0 unspecified atom stereocenters. The quantitative estimate of drug-likeness (QED) is 0.269. The van der Waals surface area contributed by atoms with E-state index < -0.39 is 0 Å². The zero-order valence-electron chi connectivity index (χ0n) is 16.7. The molecule has 0 fully saturated rings. The van der Waals surface area contributed by atoms with Crippen molar-refractivity contribution in [3.05, 3.63) is 0 Å². The Balaban J connectivity index is 0. The molecule has 0 saturated carbocycles. The summed E-state index contributed by atoms with van der Waals surface area (Å²) < 4.78 is 0. The molecule has 2 heteroatoms. The van der Waals surface area contributed by atoms with Crippen molar-refractivity contribution in [2.45, 2.75) is 116 Å². The van der Waals surface area contributed by atoms with Crippen LogP contribution in [-0.4, -0.2) is 31.0 Å². The highest BCUT2D eigenvalue weighted by Gasteiger charge is 1.95. The first-order chi connectivity index (χ1) is 10.8. The average molecular weight is 330 g/mol. The molecule has 0 saturated heterocycles. The third kappa shape index (κ3) is 24.3. The van der Waals surface area contributed by atoms with Crippen molar-refractivity contribution in [3.8, 4) is 0 Å². The van der Waals surface area contributed by atoms with E-state index in [0.717, 1.165) is 0 Å². The molecule has 0 amide bonds. The molecule has 0 aliphatic rings. The zero-order valence-corrected chi connectivity index (χ0v) is 16.7. The maximum absolute atomic E-state index is 2.30. The monoisotopic (exact) mass is 329 g/mol. The highest BCUT2D eigenvalue weighted by Crippen LogP contribution is 2.13. The molecule has 0 atom stereocenters. The third-order valence-electron chi connectivity index (χ3n) is 4.71. The Labute approximate surface area is 147 Å². The smallest absolute Gasteiger partial charge is 0.00248 e. The van der Waals surface area contributed by atoms with E-state index in [1.54, 1.807) is 0 Å². The van der Waals surface area contributed by atoms with E-state index in [2.05, 4.69) is 25.9 Å². The molecular weight excluding hydrogens is 282 g/mol. The summed E-state index contributed by atoms with van der Waals surface area (Å²) >= 11 is 0. The highest BCUT2D eigenvalue weighted by atomic mass is 16.0. The van der Waals surface area contributed by atoms with Gasteiger partial charge in [0.25, 0.3) is 0 Å². The summed E-state index contributed by atoms with van der Waals surface area (Å²) in [7, 11) is 4.35. The largest absolute Gasteiger partial charge is 0.412 e. The van der Waals surface area contributed by atoms with E-state index in [0.29, 0.717) is 0 Å². The minimum absolute atomic E-state index is 0. The molecule has 0 aliphatic heterocycles. The van der Waals surface area contributed by atoms with Gasteiger partial charge in [-0.3, -0.25) is 0 Å². The number of hydrogen-bond donors (Lipinski definition) is 0. The lowest BCUT2D eigenvalue weighted by molar-refractivity contribution is 0.389. The number of hydrogen-bond acceptors (Lipinski definition) is 1. The van der Waals surface area contributed by atoms with Gasteiger partial charge in [-0.2, -0.15) is 0 Å². The van der Waals surface area contributed by atoms with Crippen LogP contribution in [0.4, 0.5) is 0 Å². The second-order valence-electron chi connectivity index (χ2n) is 7.46. The van der Waals surface area contributed by atoms with E-state index in [4.69, 9.17) is 0 Å². The Kier molecular flexibility index (Phi) is 24.0. The van der Waals surface area contributed by atoms with Crippen LogP contribution in [0.1, 0.15) is 116 Å². The maximum Gasteiger partial charge on any atom is -0.00248 e. The molecule has 2 N–H and O–H groups in total. The molecule has 0 aromatic carbocycles. The Morgan fingerprint density at radius 1 is 0.435 bits per heavy atom. The lowest BCUT2D eigenvalue weighted by atomic mass is 10.0. The van der Waals surface area contributed by atoms with Crippen LogP contribution in [-0.2, 0) is 0 Å². The zero-order chi connectivity index (χ0) is 16.3. The second-order valence-corrected chi connectivity index (χ2v) is 7.46. The summed E-state index contributed by atoms with van der Waals surface area (Å²) in [4.78, 5) is 2.30. The van der Waals surface area contributed by atoms with Crippen LogP contribution in [0.15, 0.2) is 0 Å². The highest BCUT2D eigenvalue weighted by molar-refractivity contribution is 4.51. The van der Waals surface area contributed by atoms with Crippen LogP contribution in [0.25, 0.3) is 0 Å². The molecule has 0 rings (SSSR count). The molecule has 0 aromatic rings. The summed E-state index contributed by atoms with van der Waals surface area (Å²) in [5, 5.41) is 0. The van der Waals surface area contributed by atoms with Crippen molar-refractivity contribution in [2.75, 3.05) is 20.6 Å². The van der Waals surface area contributed by atoms with E-state index in [1.165, 1.54) is 116 Å². The van der Waals surface area contributed by atoms with Crippen LogP contribution in [0.5, 0.6) is 0 Å². The van der Waals surface area contributed by atoms with Gasteiger partial charge in [0, 0.05) is 0 Å². The van der Waals surface area contributed by atoms with Gasteiger partial charge in [-0.15, -0.1) is 0 Å². The molecule has 142 valence electrons. The summed E-state index contributed by atoms with van der Waals surface area (Å²) in [5.74, 6) is 0. The van der Waals surface area contributed by atoms with E-state index >= 15 is 0 Å². The lowest BCUT2D eigenvalue weighted by Crippen LogP contribution is -2.12. The van der Waals surface area contributed by atoms with Crippen LogP contribution in [0, 0.1) is 0 Å². The first-order valence-corrected chi connectivity index (χ1v) is 10.4. The molecule has 0 radical (unpaired) electrons. The molecular formula is C21H47NO. The summed E-state index contributed by atoms with van der Waals surface area (Å²) in [6.45, 7) is 3.56. The van der Waals surface area contributed by atoms with Crippen LogP contribution in [0.2, 0.25) is 0 Å². The minimum Gasteiger partial charge on any atom is -0.412 e. The van der Waals surface area contributed by atoms with Crippen LogP contribution in [0.3, 0.4) is 0 Å². The first kappa shape index (κ1) is 25.2. The predicted octanol–water partition coefficient (Wildman–Crippen LogP) is 6.37. The second kappa shape index (κ2) is 21.9. The normalized spacial score (nSPS) is 11.0. The molecule has 0 aromatic heterocycles. The molecule has 0 heterocycles. The van der Waals surface area contributed by atoms with Crippen molar-refractivity contribution in [3.63, 3.8) is 0 Å². The molecule has 0 aliphatic carbocycles. The summed E-state index contributed by atoms with van der Waals surface area (Å²) in [6, 6.07) is 0. The average Bonchev–Trinajstić information content (AvgIpc) is 2.50. The van der Waals surface area contributed by atoms with Gasteiger partial charge >= 0.3 is 0 Å². The molecule has 0 spiro atoms. The van der Waals surface area contributed by atoms with E-state index in [1.807, 2.05) is 0 Å². The Morgan fingerprint density at radius 3 is 0.957 bits per heavy atom. The number of unbranched alkanes of at least 4 members (excludes halogenated alkanes) is 16. The van der Waals surface area contributed by atoms with Gasteiger partial charge < -0.3 is 10.4 Å². The van der Waals surface area contributed by atoms with Crippen molar-refractivity contribution >= 4 is 0 Å². The topological polar surface area (TPSA) is 34.7 Å². The maximum atomic E-state index is 2.30. The Hall–Kier alpha value is -0.0800. The fourth-order valence-corrected chi connectivity index (χ4v) is 3.15. The number of nitrogens with zero attached hydrogens (tertiary/aromatic N) is 1. The first-order valence-electron chi connectivity index (χ1n) is 10.4. The standard InChI is InChI=1S/C21H45N.H2O/c1-4-5-6-7-8-9-10-11-12-13-14-15-16-17-18-19-20-21-22(2)3;/h4-21H2,1-3H3;1H2. The molecule has 23 heavy (non-hydrogen) atoms. The molecule has 2 nitrogen and oxygen atoms in total. The summed E-state index contributed by atoms with van der Waals surface area (Å²) in [6.07, 6.45) is 24.8. The Bertz CT molecular complexity index is 194. The van der Waals surface area contributed by atoms with Crippen molar-refractivity contribution in [1.82, 2.24) is 4.90 Å². The van der Waals surface area contributed by atoms with E-state index in [-0.39, 0.29) is 5.48 Å². The van der Waals surface area contributed by atoms with Gasteiger partial charge in [-0.25, -0.2) is 0 Å². The molecule has 0 bridgehead atoms.